The van der Waals surface area contributed by atoms with E-state index < -0.39 is 34.2 Å². The van der Waals surface area contributed by atoms with Crippen molar-refractivity contribution >= 4 is 17.9 Å². The molecule has 1 aliphatic rings. The number of carbonyl (C=O) groups excluding carboxylic acids is 3. The van der Waals surface area contributed by atoms with Crippen LogP contribution in [0.2, 0.25) is 0 Å². The van der Waals surface area contributed by atoms with Gasteiger partial charge >= 0.3 is 0 Å². The topological polar surface area (TPSA) is 112 Å². The lowest BCUT2D eigenvalue weighted by molar-refractivity contribution is 0.0973. The number of rotatable bonds is 1. The maximum atomic E-state index is 12.5. The third-order valence-electron chi connectivity index (χ3n) is 3.64. The molecule has 0 aromatic heterocycles. The van der Waals surface area contributed by atoms with Gasteiger partial charge in [-0.1, -0.05) is 0 Å². The predicted molar refractivity (Wildman–Crippen MR) is 74.9 cm³/mol. The van der Waals surface area contributed by atoms with Crippen molar-refractivity contribution in [3.05, 3.63) is 51.6 Å². The van der Waals surface area contributed by atoms with Gasteiger partial charge in [0, 0.05) is 11.1 Å². The first-order valence-electron chi connectivity index (χ1n) is 6.34. The number of hydrogen-bond donors (Lipinski definition) is 3. The highest BCUT2D eigenvalue weighted by Gasteiger charge is 2.36. The zero-order valence-corrected chi connectivity index (χ0v) is 11.4. The highest BCUT2D eigenvalue weighted by molar-refractivity contribution is 6.31. The molecule has 0 saturated heterocycles. The van der Waals surface area contributed by atoms with Crippen LogP contribution in [-0.2, 0) is 0 Å². The molecule has 0 fully saturated rings. The second kappa shape index (κ2) is 4.42. The smallest absolute Gasteiger partial charge is 0.201 e. The number of phenolic OH excluding ortho intramolecular Hbond substituents is 3. The van der Waals surface area contributed by atoms with Crippen LogP contribution < -0.4 is 0 Å². The zero-order valence-electron chi connectivity index (χ0n) is 11.4. The lowest BCUT2D eigenvalue weighted by Gasteiger charge is -2.20. The van der Waals surface area contributed by atoms with Crippen molar-refractivity contribution in [3.63, 3.8) is 0 Å². The van der Waals surface area contributed by atoms with Gasteiger partial charge in [-0.2, -0.15) is 0 Å². The molecule has 0 spiro atoms. The van der Waals surface area contributed by atoms with Gasteiger partial charge in [0.15, 0.2) is 12.1 Å². The Morgan fingerprint density at radius 3 is 2.14 bits per heavy atom. The van der Waals surface area contributed by atoms with E-state index in [1.807, 2.05) is 0 Å². The second-order valence-electron chi connectivity index (χ2n) is 5.06. The van der Waals surface area contributed by atoms with Gasteiger partial charge < -0.3 is 15.3 Å². The van der Waals surface area contributed by atoms with Gasteiger partial charge in [0.25, 0.3) is 0 Å². The molecule has 0 radical (unpaired) electrons. The summed E-state index contributed by atoms with van der Waals surface area (Å²) in [7, 11) is 0. The zero-order chi connectivity index (χ0) is 16.2. The lowest BCUT2D eigenvalue weighted by atomic mass is 9.81. The largest absolute Gasteiger partial charge is 0.507 e. The predicted octanol–water partition coefficient (Wildman–Crippen LogP) is 1.70. The van der Waals surface area contributed by atoms with Gasteiger partial charge in [0.2, 0.25) is 5.78 Å². The van der Waals surface area contributed by atoms with E-state index in [2.05, 4.69) is 0 Å². The minimum Gasteiger partial charge on any atom is -0.507 e. The van der Waals surface area contributed by atoms with E-state index in [-0.39, 0.29) is 28.7 Å². The van der Waals surface area contributed by atoms with Crippen LogP contribution in [0.5, 0.6) is 17.2 Å². The van der Waals surface area contributed by atoms with E-state index >= 15 is 0 Å². The molecule has 22 heavy (non-hydrogen) atoms. The van der Waals surface area contributed by atoms with Crippen LogP contribution in [-0.4, -0.2) is 33.2 Å². The van der Waals surface area contributed by atoms with Crippen LogP contribution in [0.1, 0.15) is 47.8 Å². The number of aromatic hydroxyl groups is 3. The Balaban J connectivity index is 2.42. The SMILES string of the molecule is Cc1cc(O)c2c(c1)C(=O)c1cc(O)c(C=O)c(O)c1C2=O. The fourth-order valence-corrected chi connectivity index (χ4v) is 2.65. The quantitative estimate of drug-likeness (QED) is 0.589. The van der Waals surface area contributed by atoms with Crippen molar-refractivity contribution in [2.75, 3.05) is 0 Å². The summed E-state index contributed by atoms with van der Waals surface area (Å²) >= 11 is 0. The van der Waals surface area contributed by atoms with Crippen LogP contribution >= 0.6 is 0 Å². The molecule has 1 aliphatic carbocycles. The van der Waals surface area contributed by atoms with Crippen molar-refractivity contribution in [1.29, 1.82) is 0 Å². The first-order chi connectivity index (χ1) is 10.4. The lowest BCUT2D eigenvalue weighted by Crippen LogP contribution is -2.22. The van der Waals surface area contributed by atoms with E-state index in [1.54, 1.807) is 6.92 Å². The van der Waals surface area contributed by atoms with E-state index in [4.69, 9.17) is 0 Å². The Morgan fingerprint density at radius 2 is 1.50 bits per heavy atom. The summed E-state index contributed by atoms with van der Waals surface area (Å²) < 4.78 is 0. The fourth-order valence-electron chi connectivity index (χ4n) is 2.65. The minimum absolute atomic E-state index is 0.00680. The Bertz CT molecular complexity index is 879. The van der Waals surface area contributed by atoms with Crippen molar-refractivity contribution in [2.24, 2.45) is 0 Å². The monoisotopic (exact) mass is 298 g/mol. The highest BCUT2D eigenvalue weighted by Crippen LogP contribution is 2.41. The summed E-state index contributed by atoms with van der Waals surface area (Å²) in [6, 6.07) is 3.74. The number of phenols is 3. The molecule has 3 N–H and O–H groups in total. The van der Waals surface area contributed by atoms with E-state index in [0.717, 1.165) is 6.07 Å². The Labute approximate surface area is 124 Å². The molecule has 0 atom stereocenters. The number of aldehydes is 1. The summed E-state index contributed by atoms with van der Waals surface area (Å²) in [5.41, 5.74) is -0.720. The molecule has 2 aromatic carbocycles. The minimum atomic E-state index is -0.775. The highest BCUT2D eigenvalue weighted by atomic mass is 16.3. The Kier molecular flexibility index (Phi) is 2.78. The van der Waals surface area contributed by atoms with E-state index in [9.17, 15) is 29.7 Å². The van der Waals surface area contributed by atoms with E-state index in [1.165, 1.54) is 12.1 Å². The van der Waals surface area contributed by atoms with Gasteiger partial charge in [-0.05, 0) is 30.7 Å². The normalized spacial score (nSPS) is 12.8. The molecule has 6 nitrogen and oxygen atoms in total. The van der Waals surface area contributed by atoms with Gasteiger partial charge in [0.05, 0.1) is 16.7 Å². The van der Waals surface area contributed by atoms with Crippen LogP contribution in [0.4, 0.5) is 0 Å². The van der Waals surface area contributed by atoms with Crippen molar-refractivity contribution in [1.82, 2.24) is 0 Å². The number of ketones is 2. The van der Waals surface area contributed by atoms with Crippen LogP contribution in [0.15, 0.2) is 18.2 Å². The van der Waals surface area contributed by atoms with Gasteiger partial charge in [-0.3, -0.25) is 14.4 Å². The van der Waals surface area contributed by atoms with Crippen molar-refractivity contribution in [2.45, 2.75) is 6.92 Å². The molecule has 3 rings (SSSR count). The summed E-state index contributed by atoms with van der Waals surface area (Å²) in [5.74, 6) is -3.13. The van der Waals surface area contributed by atoms with Gasteiger partial charge in [-0.25, -0.2) is 0 Å². The maximum absolute atomic E-state index is 12.5. The summed E-state index contributed by atoms with van der Waals surface area (Å²) in [4.78, 5) is 35.9. The Morgan fingerprint density at radius 1 is 0.864 bits per heavy atom. The first-order valence-corrected chi connectivity index (χ1v) is 6.34. The van der Waals surface area contributed by atoms with Crippen molar-refractivity contribution in [3.8, 4) is 17.2 Å². The molecule has 0 amide bonds. The number of hydrogen-bond acceptors (Lipinski definition) is 6. The third kappa shape index (κ3) is 1.64. The molecule has 6 heteroatoms. The molecule has 2 aromatic rings. The molecular weight excluding hydrogens is 288 g/mol. The molecule has 110 valence electrons. The molecule has 0 bridgehead atoms. The van der Waals surface area contributed by atoms with Gasteiger partial charge in [-0.15, -0.1) is 0 Å². The number of carbonyl (C=O) groups is 3. The average Bonchev–Trinajstić information content (AvgIpc) is 2.43. The van der Waals surface area contributed by atoms with Gasteiger partial charge in [0.1, 0.15) is 17.2 Å². The first kappa shape index (κ1) is 13.8. The number of fused-ring (bicyclic) bond motifs is 2. The van der Waals surface area contributed by atoms with Crippen LogP contribution in [0.25, 0.3) is 0 Å². The summed E-state index contributed by atoms with van der Waals surface area (Å²) in [6.45, 7) is 1.65. The van der Waals surface area contributed by atoms with Crippen molar-refractivity contribution < 1.29 is 29.7 Å². The number of benzene rings is 2. The van der Waals surface area contributed by atoms with Crippen LogP contribution in [0.3, 0.4) is 0 Å². The molecule has 0 saturated carbocycles. The third-order valence-corrected chi connectivity index (χ3v) is 3.64. The van der Waals surface area contributed by atoms with Crippen LogP contribution in [0, 0.1) is 6.92 Å². The molecule has 0 aliphatic heterocycles. The average molecular weight is 298 g/mol. The standard InChI is InChI=1S/C16H10O6/c1-6-2-7-12(11(19)3-6)16(22)13-8(14(7)20)4-10(18)9(5-17)15(13)21/h2-5,18-19,21H,1H3. The molecule has 0 unspecified atom stereocenters. The molecule has 0 heterocycles. The number of aryl methyl sites for hydroxylation is 1. The fraction of sp³-hybridized carbons (Fsp3) is 0.0625. The van der Waals surface area contributed by atoms with E-state index in [0.29, 0.717) is 5.56 Å². The maximum Gasteiger partial charge on any atom is 0.201 e. The summed E-state index contributed by atoms with van der Waals surface area (Å²) in [6.07, 6.45) is 0.188. The summed E-state index contributed by atoms with van der Waals surface area (Å²) in [5, 5.41) is 29.7. The second-order valence-corrected chi connectivity index (χ2v) is 5.06. The Hall–Kier alpha value is -3.15. The molecular formula is C16H10O6.